The summed E-state index contributed by atoms with van der Waals surface area (Å²) in [6, 6.07) is 8.01. The number of hydrogen-bond acceptors (Lipinski definition) is 5. The van der Waals surface area contributed by atoms with Gasteiger partial charge in [0.1, 0.15) is 0 Å². The molecule has 6 nitrogen and oxygen atoms in total. The first-order chi connectivity index (χ1) is 12.9. The van der Waals surface area contributed by atoms with E-state index in [0.29, 0.717) is 16.5 Å². The average Bonchev–Trinajstić information content (AvgIpc) is 3.17. The number of hydrogen-bond donors (Lipinski definition) is 0. The van der Waals surface area contributed by atoms with Crippen molar-refractivity contribution in [1.82, 2.24) is 19.6 Å². The lowest BCUT2D eigenvalue weighted by Crippen LogP contribution is -2.50. The number of rotatable bonds is 4. The van der Waals surface area contributed by atoms with Crippen molar-refractivity contribution < 1.29 is 8.42 Å². The van der Waals surface area contributed by atoms with Crippen LogP contribution in [0.5, 0.6) is 0 Å². The van der Waals surface area contributed by atoms with Gasteiger partial charge in [0.15, 0.2) is 9.84 Å². The number of piperazine rings is 1. The van der Waals surface area contributed by atoms with Crippen LogP contribution in [0.2, 0.25) is 5.02 Å². The Hall–Kier alpha value is -1.41. The summed E-state index contributed by atoms with van der Waals surface area (Å²) in [5, 5.41) is 5.35. The first-order valence-electron chi connectivity index (χ1n) is 9.35. The van der Waals surface area contributed by atoms with Gasteiger partial charge in [0.05, 0.1) is 17.2 Å². The van der Waals surface area contributed by atoms with Crippen molar-refractivity contribution in [3.63, 3.8) is 0 Å². The van der Waals surface area contributed by atoms with E-state index in [1.165, 1.54) is 5.56 Å². The van der Waals surface area contributed by atoms with Gasteiger partial charge in [-0.25, -0.2) is 8.42 Å². The molecule has 0 amide bonds. The Labute approximate surface area is 165 Å². The fraction of sp³-hybridized carbons (Fsp3) is 0.526. The van der Waals surface area contributed by atoms with Crippen LogP contribution in [0.3, 0.4) is 0 Å². The van der Waals surface area contributed by atoms with Gasteiger partial charge in [0, 0.05) is 68.2 Å². The molecule has 0 saturated carbocycles. The SMILES string of the molecule is Cn1cc(CN2CCN(C3CCS(=O)(=O)C3)CC2)c(-c2cccc(Cl)c2)n1. The molecule has 27 heavy (non-hydrogen) atoms. The Bertz CT molecular complexity index is 920. The summed E-state index contributed by atoms with van der Waals surface area (Å²) in [5.41, 5.74) is 3.20. The van der Waals surface area contributed by atoms with E-state index >= 15 is 0 Å². The van der Waals surface area contributed by atoms with E-state index in [2.05, 4.69) is 21.1 Å². The molecular weight excluding hydrogens is 384 g/mol. The Kier molecular flexibility index (Phi) is 5.29. The van der Waals surface area contributed by atoms with Crippen molar-refractivity contribution >= 4 is 21.4 Å². The molecule has 2 aliphatic heterocycles. The van der Waals surface area contributed by atoms with Crippen molar-refractivity contribution in [1.29, 1.82) is 0 Å². The minimum Gasteiger partial charge on any atom is -0.297 e. The molecule has 1 aromatic heterocycles. The maximum Gasteiger partial charge on any atom is 0.151 e. The highest BCUT2D eigenvalue weighted by molar-refractivity contribution is 7.91. The zero-order valence-electron chi connectivity index (χ0n) is 15.5. The number of aromatic nitrogens is 2. The van der Waals surface area contributed by atoms with Crippen LogP contribution < -0.4 is 0 Å². The van der Waals surface area contributed by atoms with Gasteiger partial charge in [-0.05, 0) is 18.6 Å². The molecule has 146 valence electrons. The van der Waals surface area contributed by atoms with Gasteiger partial charge < -0.3 is 0 Å². The first kappa shape index (κ1) is 18.9. The van der Waals surface area contributed by atoms with Crippen LogP contribution >= 0.6 is 11.6 Å². The molecule has 0 spiro atoms. The molecule has 1 atom stereocenters. The summed E-state index contributed by atoms with van der Waals surface area (Å²) in [6.07, 6.45) is 2.86. The number of nitrogens with zero attached hydrogens (tertiary/aromatic N) is 4. The van der Waals surface area contributed by atoms with Crippen molar-refractivity contribution in [2.24, 2.45) is 7.05 Å². The van der Waals surface area contributed by atoms with Crippen LogP contribution in [0.25, 0.3) is 11.3 Å². The standard InChI is InChI=1S/C19H25ClN4O2S/c1-22-12-16(19(21-22)15-3-2-4-17(20)11-15)13-23-6-8-24(9-7-23)18-5-10-27(25,26)14-18/h2-4,11-12,18H,5-10,13-14H2,1H3. The van der Waals surface area contributed by atoms with Gasteiger partial charge in [-0.3, -0.25) is 14.5 Å². The third-order valence-electron chi connectivity index (χ3n) is 5.53. The number of aryl methyl sites for hydroxylation is 1. The Morgan fingerprint density at radius 2 is 2.00 bits per heavy atom. The minimum absolute atomic E-state index is 0.206. The molecule has 2 aromatic rings. The van der Waals surface area contributed by atoms with E-state index in [9.17, 15) is 8.42 Å². The normalized spacial score (nSPS) is 23.7. The number of benzene rings is 1. The number of sulfone groups is 1. The summed E-state index contributed by atoms with van der Waals surface area (Å²) in [7, 11) is -0.880. The smallest absolute Gasteiger partial charge is 0.151 e. The summed E-state index contributed by atoms with van der Waals surface area (Å²) in [5.74, 6) is 0.672. The average molecular weight is 409 g/mol. The lowest BCUT2D eigenvalue weighted by molar-refractivity contribution is 0.100. The predicted octanol–water partition coefficient (Wildman–Crippen LogP) is 2.05. The molecule has 2 aliphatic rings. The zero-order valence-corrected chi connectivity index (χ0v) is 17.1. The second-order valence-corrected chi connectivity index (χ2v) is 10.2. The highest BCUT2D eigenvalue weighted by Gasteiger charge is 2.33. The molecule has 0 radical (unpaired) electrons. The summed E-state index contributed by atoms with van der Waals surface area (Å²) in [4.78, 5) is 4.77. The zero-order chi connectivity index (χ0) is 19.0. The lowest BCUT2D eigenvalue weighted by Gasteiger charge is -2.37. The third-order valence-corrected chi connectivity index (χ3v) is 7.51. The summed E-state index contributed by atoms with van der Waals surface area (Å²) in [6.45, 7) is 4.58. The molecule has 4 rings (SSSR count). The van der Waals surface area contributed by atoms with Crippen molar-refractivity contribution in [2.75, 3.05) is 37.7 Å². The Morgan fingerprint density at radius 1 is 1.22 bits per heavy atom. The largest absolute Gasteiger partial charge is 0.297 e. The molecule has 8 heteroatoms. The molecule has 0 aliphatic carbocycles. The van der Waals surface area contributed by atoms with Crippen molar-refractivity contribution in [3.05, 3.63) is 41.0 Å². The highest BCUT2D eigenvalue weighted by Crippen LogP contribution is 2.26. The third kappa shape index (κ3) is 4.37. The van der Waals surface area contributed by atoms with E-state index in [0.717, 1.165) is 50.4 Å². The molecule has 1 aromatic carbocycles. The maximum absolute atomic E-state index is 11.7. The van der Waals surface area contributed by atoms with Gasteiger partial charge in [-0.15, -0.1) is 0 Å². The molecule has 3 heterocycles. The van der Waals surface area contributed by atoms with Gasteiger partial charge in [-0.2, -0.15) is 5.10 Å². The van der Waals surface area contributed by atoms with Gasteiger partial charge in [0.2, 0.25) is 0 Å². The predicted molar refractivity (Wildman–Crippen MR) is 108 cm³/mol. The molecule has 0 bridgehead atoms. The van der Waals surface area contributed by atoms with Crippen LogP contribution in [-0.2, 0) is 23.4 Å². The van der Waals surface area contributed by atoms with Gasteiger partial charge in [0.25, 0.3) is 0 Å². The summed E-state index contributed by atoms with van der Waals surface area (Å²) < 4.78 is 25.3. The molecule has 2 saturated heterocycles. The van der Waals surface area contributed by atoms with Crippen LogP contribution in [0.1, 0.15) is 12.0 Å². The molecule has 1 unspecified atom stereocenters. The van der Waals surface area contributed by atoms with E-state index in [4.69, 9.17) is 11.6 Å². The Morgan fingerprint density at radius 3 is 2.67 bits per heavy atom. The lowest BCUT2D eigenvalue weighted by atomic mass is 10.1. The van der Waals surface area contributed by atoms with E-state index < -0.39 is 9.84 Å². The molecule has 0 N–H and O–H groups in total. The highest BCUT2D eigenvalue weighted by atomic mass is 35.5. The Balaban J connectivity index is 1.41. The molecule has 2 fully saturated rings. The van der Waals surface area contributed by atoms with Crippen LogP contribution in [-0.4, -0.2) is 71.7 Å². The fourth-order valence-corrected chi connectivity index (χ4v) is 6.07. The summed E-state index contributed by atoms with van der Waals surface area (Å²) >= 11 is 6.15. The van der Waals surface area contributed by atoms with Gasteiger partial charge >= 0.3 is 0 Å². The maximum atomic E-state index is 11.7. The fourth-order valence-electron chi connectivity index (χ4n) is 4.12. The first-order valence-corrected chi connectivity index (χ1v) is 11.5. The molecular formula is C19H25ClN4O2S. The van der Waals surface area contributed by atoms with Crippen molar-refractivity contribution in [3.8, 4) is 11.3 Å². The van der Waals surface area contributed by atoms with Gasteiger partial charge in [-0.1, -0.05) is 23.7 Å². The topological polar surface area (TPSA) is 58.4 Å². The van der Waals surface area contributed by atoms with E-state index in [1.807, 2.05) is 36.0 Å². The second kappa shape index (κ2) is 7.54. The van der Waals surface area contributed by atoms with Crippen LogP contribution in [0.4, 0.5) is 0 Å². The van der Waals surface area contributed by atoms with Crippen LogP contribution in [0.15, 0.2) is 30.5 Å². The minimum atomic E-state index is -2.82. The quantitative estimate of drug-likeness (QED) is 0.774. The van der Waals surface area contributed by atoms with Crippen LogP contribution in [0, 0.1) is 0 Å². The van der Waals surface area contributed by atoms with Crippen molar-refractivity contribution in [2.45, 2.75) is 19.0 Å². The second-order valence-electron chi connectivity index (χ2n) is 7.56. The van der Waals surface area contributed by atoms with E-state index in [-0.39, 0.29) is 6.04 Å². The number of halogens is 1. The van der Waals surface area contributed by atoms with E-state index in [1.54, 1.807) is 0 Å². The monoisotopic (exact) mass is 408 g/mol.